The van der Waals surface area contributed by atoms with Crippen LogP contribution >= 0.6 is 0 Å². The van der Waals surface area contributed by atoms with E-state index in [4.69, 9.17) is 4.98 Å². The van der Waals surface area contributed by atoms with Gasteiger partial charge in [0.1, 0.15) is 11.5 Å². The Morgan fingerprint density at radius 2 is 1.77 bits per heavy atom. The number of hydrogen-bond acceptors (Lipinski definition) is 2. The number of rotatable bonds is 4. The number of nitrogens with one attached hydrogen (secondary N) is 1. The van der Waals surface area contributed by atoms with Gasteiger partial charge in [0.25, 0.3) is 0 Å². The average Bonchev–Trinajstić information content (AvgIpc) is 3.04. The maximum atomic E-state index is 13.8. The SMILES string of the molecule is Cc1ccc2nc(-c3ccc(F)c(C)c3)c(CC(=O)Nc3ccc(C)c(C)c3)n2c1. The van der Waals surface area contributed by atoms with Gasteiger partial charge in [0.05, 0.1) is 17.8 Å². The van der Waals surface area contributed by atoms with Gasteiger partial charge in [-0.15, -0.1) is 0 Å². The summed E-state index contributed by atoms with van der Waals surface area (Å²) in [5.41, 5.74) is 7.71. The fourth-order valence-corrected chi connectivity index (χ4v) is 3.57. The second kappa shape index (κ2) is 7.75. The number of nitrogens with zero attached hydrogens (tertiary/aromatic N) is 2. The number of aromatic nitrogens is 2. The van der Waals surface area contributed by atoms with Crippen molar-refractivity contribution in [1.82, 2.24) is 9.38 Å². The van der Waals surface area contributed by atoms with Crippen LogP contribution in [-0.2, 0) is 11.2 Å². The van der Waals surface area contributed by atoms with Gasteiger partial charge in [0, 0.05) is 17.4 Å². The standard InChI is InChI=1S/C25H24FN3O/c1-15-5-10-23-28-25(19-7-9-21(26)18(4)11-19)22(29(23)14-15)13-24(30)27-20-8-6-16(2)17(3)12-20/h5-12,14H,13H2,1-4H3,(H,27,30). The molecule has 0 atom stereocenters. The monoisotopic (exact) mass is 401 g/mol. The van der Waals surface area contributed by atoms with Gasteiger partial charge >= 0.3 is 0 Å². The van der Waals surface area contributed by atoms with E-state index >= 15 is 0 Å². The number of halogens is 1. The second-order valence-corrected chi connectivity index (χ2v) is 7.83. The first kappa shape index (κ1) is 19.8. The predicted octanol–water partition coefficient (Wildman–Crippen LogP) is 5.56. The lowest BCUT2D eigenvalue weighted by Crippen LogP contribution is -2.16. The van der Waals surface area contributed by atoms with Crippen LogP contribution in [-0.4, -0.2) is 15.3 Å². The smallest absolute Gasteiger partial charge is 0.230 e. The quantitative estimate of drug-likeness (QED) is 0.487. The molecule has 2 aromatic carbocycles. The molecule has 1 amide bonds. The molecule has 2 aromatic heterocycles. The molecule has 2 heterocycles. The number of amides is 1. The molecule has 0 saturated heterocycles. The molecule has 0 radical (unpaired) electrons. The van der Waals surface area contributed by atoms with E-state index in [9.17, 15) is 9.18 Å². The first-order chi connectivity index (χ1) is 14.3. The van der Waals surface area contributed by atoms with Crippen LogP contribution in [0.1, 0.15) is 27.9 Å². The highest BCUT2D eigenvalue weighted by atomic mass is 19.1. The van der Waals surface area contributed by atoms with E-state index in [0.717, 1.165) is 33.7 Å². The molecule has 152 valence electrons. The minimum Gasteiger partial charge on any atom is -0.326 e. The van der Waals surface area contributed by atoms with E-state index in [1.165, 1.54) is 11.6 Å². The predicted molar refractivity (Wildman–Crippen MR) is 118 cm³/mol. The number of aryl methyl sites for hydroxylation is 4. The lowest BCUT2D eigenvalue weighted by atomic mass is 10.1. The van der Waals surface area contributed by atoms with Gasteiger partial charge in [-0.05, 0) is 86.3 Å². The van der Waals surface area contributed by atoms with Gasteiger partial charge in [-0.2, -0.15) is 0 Å². The number of carbonyl (C=O) groups is 1. The molecule has 5 heteroatoms. The fraction of sp³-hybridized carbons (Fsp3) is 0.200. The van der Waals surface area contributed by atoms with Crippen molar-refractivity contribution in [1.29, 1.82) is 0 Å². The van der Waals surface area contributed by atoms with Crippen LogP contribution in [0.4, 0.5) is 10.1 Å². The van der Waals surface area contributed by atoms with Crippen molar-refractivity contribution in [3.8, 4) is 11.3 Å². The number of pyridine rings is 1. The average molecular weight is 401 g/mol. The normalized spacial score (nSPS) is 11.1. The summed E-state index contributed by atoms with van der Waals surface area (Å²) in [6, 6.07) is 14.7. The van der Waals surface area contributed by atoms with Crippen LogP contribution in [0.25, 0.3) is 16.9 Å². The maximum Gasteiger partial charge on any atom is 0.230 e. The highest BCUT2D eigenvalue weighted by Crippen LogP contribution is 2.27. The van der Waals surface area contributed by atoms with Crippen molar-refractivity contribution in [2.75, 3.05) is 5.32 Å². The third-order valence-corrected chi connectivity index (χ3v) is 5.42. The summed E-state index contributed by atoms with van der Waals surface area (Å²) in [5.74, 6) is -0.381. The number of fused-ring (bicyclic) bond motifs is 1. The Morgan fingerprint density at radius 1 is 0.967 bits per heavy atom. The summed E-state index contributed by atoms with van der Waals surface area (Å²) < 4.78 is 15.7. The Kier molecular flexibility index (Phi) is 5.12. The van der Waals surface area contributed by atoms with Crippen molar-refractivity contribution in [2.45, 2.75) is 34.1 Å². The molecule has 0 aliphatic rings. The van der Waals surface area contributed by atoms with Crippen molar-refractivity contribution in [2.24, 2.45) is 0 Å². The van der Waals surface area contributed by atoms with Gasteiger partial charge in [-0.3, -0.25) is 4.79 Å². The maximum absolute atomic E-state index is 13.8. The van der Waals surface area contributed by atoms with E-state index in [2.05, 4.69) is 5.32 Å². The molecule has 0 bridgehead atoms. The van der Waals surface area contributed by atoms with Crippen LogP contribution in [0.15, 0.2) is 54.7 Å². The van der Waals surface area contributed by atoms with Gasteiger partial charge in [0.15, 0.2) is 0 Å². The van der Waals surface area contributed by atoms with Gasteiger partial charge in [-0.1, -0.05) is 12.1 Å². The zero-order valence-corrected chi connectivity index (χ0v) is 17.6. The highest BCUT2D eigenvalue weighted by molar-refractivity contribution is 5.93. The van der Waals surface area contributed by atoms with Crippen molar-refractivity contribution >= 4 is 17.2 Å². The Hall–Kier alpha value is -3.47. The Labute approximate surface area is 175 Å². The molecule has 0 unspecified atom stereocenters. The second-order valence-electron chi connectivity index (χ2n) is 7.83. The zero-order valence-electron chi connectivity index (χ0n) is 17.6. The topological polar surface area (TPSA) is 46.4 Å². The minimum absolute atomic E-state index is 0.123. The first-order valence-corrected chi connectivity index (χ1v) is 9.93. The Balaban J connectivity index is 1.74. The molecule has 4 rings (SSSR count). The van der Waals surface area contributed by atoms with Crippen LogP contribution in [0.3, 0.4) is 0 Å². The zero-order chi connectivity index (χ0) is 21.4. The summed E-state index contributed by atoms with van der Waals surface area (Å²) in [6.45, 7) is 7.79. The summed E-state index contributed by atoms with van der Waals surface area (Å²) in [5, 5.41) is 2.99. The number of anilines is 1. The third-order valence-electron chi connectivity index (χ3n) is 5.42. The first-order valence-electron chi connectivity index (χ1n) is 9.93. The van der Waals surface area contributed by atoms with Crippen LogP contribution in [0.2, 0.25) is 0 Å². The summed E-state index contributed by atoms with van der Waals surface area (Å²) >= 11 is 0. The summed E-state index contributed by atoms with van der Waals surface area (Å²) in [7, 11) is 0. The molecular weight excluding hydrogens is 377 g/mol. The lowest BCUT2D eigenvalue weighted by molar-refractivity contribution is -0.115. The summed E-state index contributed by atoms with van der Waals surface area (Å²) in [6.07, 6.45) is 2.13. The lowest BCUT2D eigenvalue weighted by Gasteiger charge is -2.10. The van der Waals surface area contributed by atoms with Crippen molar-refractivity contribution in [3.05, 3.63) is 88.5 Å². The third kappa shape index (κ3) is 3.83. The van der Waals surface area contributed by atoms with Crippen LogP contribution in [0, 0.1) is 33.5 Å². The number of hydrogen-bond donors (Lipinski definition) is 1. The summed E-state index contributed by atoms with van der Waals surface area (Å²) in [4.78, 5) is 17.6. The Bertz CT molecular complexity index is 1270. The fourth-order valence-electron chi connectivity index (χ4n) is 3.57. The molecule has 0 saturated carbocycles. The Morgan fingerprint density at radius 3 is 2.50 bits per heavy atom. The van der Waals surface area contributed by atoms with Crippen molar-refractivity contribution < 1.29 is 9.18 Å². The number of imidazole rings is 1. The molecular formula is C25H24FN3O. The highest BCUT2D eigenvalue weighted by Gasteiger charge is 2.18. The van der Waals surface area contributed by atoms with E-state index in [1.807, 2.05) is 61.7 Å². The van der Waals surface area contributed by atoms with E-state index in [-0.39, 0.29) is 18.1 Å². The molecule has 0 aliphatic carbocycles. The van der Waals surface area contributed by atoms with Crippen LogP contribution < -0.4 is 5.32 Å². The number of carbonyl (C=O) groups excluding carboxylic acids is 1. The van der Waals surface area contributed by atoms with Gasteiger partial charge in [-0.25, -0.2) is 9.37 Å². The largest absolute Gasteiger partial charge is 0.326 e. The molecule has 30 heavy (non-hydrogen) atoms. The minimum atomic E-state index is -0.257. The molecule has 0 aliphatic heterocycles. The molecule has 0 spiro atoms. The van der Waals surface area contributed by atoms with E-state index in [0.29, 0.717) is 11.3 Å². The molecule has 0 fully saturated rings. The van der Waals surface area contributed by atoms with Crippen LogP contribution in [0.5, 0.6) is 0 Å². The number of benzene rings is 2. The molecule has 4 nitrogen and oxygen atoms in total. The molecule has 4 aromatic rings. The molecule has 1 N–H and O–H groups in total. The van der Waals surface area contributed by atoms with E-state index in [1.54, 1.807) is 19.1 Å². The van der Waals surface area contributed by atoms with E-state index < -0.39 is 0 Å². The van der Waals surface area contributed by atoms with Gasteiger partial charge in [0.2, 0.25) is 5.91 Å². The van der Waals surface area contributed by atoms with Crippen molar-refractivity contribution in [3.63, 3.8) is 0 Å². The van der Waals surface area contributed by atoms with Gasteiger partial charge < -0.3 is 9.72 Å².